The number of carbonyl (C=O) groups excluding carboxylic acids is 2. The molecule has 154 valence electrons. The first kappa shape index (κ1) is 21.6. The molecule has 0 spiro atoms. The van der Waals surface area contributed by atoms with Crippen LogP contribution < -0.4 is 10.6 Å². The number of anilines is 1. The van der Waals surface area contributed by atoms with Crippen LogP contribution in [0.1, 0.15) is 17.9 Å². The summed E-state index contributed by atoms with van der Waals surface area (Å²) >= 11 is 5.94. The molecule has 0 bridgehead atoms. The van der Waals surface area contributed by atoms with Crippen molar-refractivity contribution in [1.29, 1.82) is 0 Å². The summed E-state index contributed by atoms with van der Waals surface area (Å²) in [4.78, 5) is 29.2. The van der Waals surface area contributed by atoms with E-state index < -0.39 is 0 Å². The molecule has 2 amide bonds. The van der Waals surface area contributed by atoms with Crippen molar-refractivity contribution in [2.75, 3.05) is 31.1 Å². The minimum absolute atomic E-state index is 0. The van der Waals surface area contributed by atoms with E-state index in [0.717, 1.165) is 5.69 Å². The topological polar surface area (TPSA) is 66.6 Å². The molecule has 0 saturated carbocycles. The first-order chi connectivity index (χ1) is 13.6. The fraction of sp³-hybridized carbons (Fsp3) is 0.364. The molecule has 0 aliphatic carbocycles. The van der Waals surface area contributed by atoms with Crippen LogP contribution in [-0.2, 0) is 9.59 Å². The molecule has 2 fully saturated rings. The number of nitrogens with zero attached hydrogens (tertiary/aromatic N) is 2. The summed E-state index contributed by atoms with van der Waals surface area (Å²) < 4.78 is 0. The predicted octanol–water partition coefficient (Wildman–Crippen LogP) is 3.32. The van der Waals surface area contributed by atoms with Gasteiger partial charge in [-0.3, -0.25) is 9.59 Å². The summed E-state index contributed by atoms with van der Waals surface area (Å²) in [6.07, 6.45) is 0.251. The molecule has 2 aliphatic rings. The zero-order valence-electron chi connectivity index (χ0n) is 16.0. The van der Waals surface area contributed by atoms with Crippen LogP contribution in [0.3, 0.4) is 0 Å². The van der Waals surface area contributed by atoms with Crippen molar-refractivity contribution < 1.29 is 9.59 Å². The van der Waals surface area contributed by atoms with Crippen molar-refractivity contribution in [3.8, 4) is 0 Å². The highest BCUT2D eigenvalue weighted by Crippen LogP contribution is 2.34. The summed E-state index contributed by atoms with van der Waals surface area (Å²) in [6.45, 7) is 2.28. The molecule has 2 N–H and O–H groups in total. The normalized spacial score (nSPS) is 23.9. The number of nitrogens with two attached hydrogens (primary N) is 1. The van der Waals surface area contributed by atoms with Crippen LogP contribution in [-0.4, -0.2) is 42.9 Å². The van der Waals surface area contributed by atoms with Crippen LogP contribution in [0.15, 0.2) is 54.6 Å². The largest absolute Gasteiger partial charge is 0.341 e. The molecule has 2 aromatic carbocycles. The number of hydrogen-bond donors (Lipinski definition) is 1. The molecule has 3 atom stereocenters. The molecule has 2 aromatic rings. The van der Waals surface area contributed by atoms with Gasteiger partial charge in [0.15, 0.2) is 0 Å². The highest BCUT2D eigenvalue weighted by Gasteiger charge is 2.41. The Balaban J connectivity index is 0.00000240. The van der Waals surface area contributed by atoms with Crippen LogP contribution in [0, 0.1) is 11.8 Å². The Bertz CT molecular complexity index is 860. The van der Waals surface area contributed by atoms with Crippen molar-refractivity contribution >= 4 is 41.5 Å². The Morgan fingerprint density at radius 1 is 1.03 bits per heavy atom. The lowest BCUT2D eigenvalue weighted by molar-refractivity contribution is -0.134. The highest BCUT2D eigenvalue weighted by molar-refractivity contribution is 6.30. The lowest BCUT2D eigenvalue weighted by Crippen LogP contribution is -2.36. The summed E-state index contributed by atoms with van der Waals surface area (Å²) in [5.41, 5.74) is 8.00. The van der Waals surface area contributed by atoms with Gasteiger partial charge in [0.1, 0.15) is 0 Å². The second-order valence-electron chi connectivity index (χ2n) is 7.64. The maximum atomic E-state index is 13.1. The van der Waals surface area contributed by atoms with E-state index in [1.54, 1.807) is 17.0 Å². The van der Waals surface area contributed by atoms with Crippen molar-refractivity contribution in [3.05, 3.63) is 65.2 Å². The van der Waals surface area contributed by atoms with Crippen LogP contribution in [0.5, 0.6) is 0 Å². The molecule has 29 heavy (non-hydrogen) atoms. The second-order valence-corrected chi connectivity index (χ2v) is 8.07. The number of benzene rings is 2. The van der Waals surface area contributed by atoms with E-state index in [4.69, 9.17) is 17.3 Å². The third-order valence-corrected chi connectivity index (χ3v) is 6.15. The third-order valence-electron chi connectivity index (χ3n) is 5.90. The molecular formula is C22H25Cl2N3O2. The smallest absolute Gasteiger partial charge is 0.228 e. The monoisotopic (exact) mass is 433 g/mol. The van der Waals surface area contributed by atoms with Crippen LogP contribution in [0.2, 0.25) is 5.02 Å². The molecule has 4 rings (SSSR count). The molecular weight excluding hydrogens is 409 g/mol. The van der Waals surface area contributed by atoms with E-state index in [1.165, 1.54) is 5.56 Å². The average molecular weight is 434 g/mol. The lowest BCUT2D eigenvalue weighted by Gasteiger charge is -2.21. The lowest BCUT2D eigenvalue weighted by atomic mass is 9.89. The Morgan fingerprint density at radius 3 is 2.38 bits per heavy atom. The van der Waals surface area contributed by atoms with Gasteiger partial charge in [0.2, 0.25) is 11.8 Å². The van der Waals surface area contributed by atoms with Gasteiger partial charge in [-0.1, -0.05) is 41.9 Å². The SMILES string of the molecule is Cl.NC[C@@H]1CN(C(=O)C2CC(=O)N(c3ccc(Cl)cc3)C2)C[C@H]1c1ccccc1. The van der Waals surface area contributed by atoms with Gasteiger partial charge < -0.3 is 15.5 Å². The molecule has 2 saturated heterocycles. The summed E-state index contributed by atoms with van der Waals surface area (Å²) in [6, 6.07) is 17.4. The molecule has 0 radical (unpaired) electrons. The number of hydrogen-bond acceptors (Lipinski definition) is 3. The highest BCUT2D eigenvalue weighted by atomic mass is 35.5. The molecule has 7 heteroatoms. The Labute approximate surface area is 182 Å². The van der Waals surface area contributed by atoms with Gasteiger partial charge in [0.05, 0.1) is 5.92 Å². The fourth-order valence-corrected chi connectivity index (χ4v) is 4.50. The predicted molar refractivity (Wildman–Crippen MR) is 117 cm³/mol. The van der Waals surface area contributed by atoms with E-state index in [0.29, 0.717) is 31.2 Å². The van der Waals surface area contributed by atoms with Gasteiger partial charge in [-0.05, 0) is 42.3 Å². The zero-order chi connectivity index (χ0) is 19.7. The van der Waals surface area contributed by atoms with E-state index in [1.807, 2.05) is 35.2 Å². The Morgan fingerprint density at radius 2 is 1.72 bits per heavy atom. The summed E-state index contributed by atoms with van der Waals surface area (Å²) in [5, 5.41) is 0.625. The second kappa shape index (κ2) is 9.16. The van der Waals surface area contributed by atoms with Gasteiger partial charge in [-0.2, -0.15) is 0 Å². The van der Waals surface area contributed by atoms with Crippen molar-refractivity contribution in [2.45, 2.75) is 12.3 Å². The number of amides is 2. The van der Waals surface area contributed by atoms with Crippen molar-refractivity contribution in [2.24, 2.45) is 17.6 Å². The average Bonchev–Trinajstić information content (AvgIpc) is 3.32. The molecule has 0 aromatic heterocycles. The fourth-order valence-electron chi connectivity index (χ4n) is 4.37. The zero-order valence-corrected chi connectivity index (χ0v) is 17.6. The number of rotatable bonds is 4. The number of likely N-dealkylation sites (tertiary alicyclic amines) is 1. The number of carbonyl (C=O) groups is 2. The minimum Gasteiger partial charge on any atom is -0.341 e. The maximum Gasteiger partial charge on any atom is 0.228 e. The van der Waals surface area contributed by atoms with Gasteiger partial charge in [0.25, 0.3) is 0 Å². The maximum absolute atomic E-state index is 13.1. The molecule has 2 heterocycles. The van der Waals surface area contributed by atoms with Gasteiger partial charge >= 0.3 is 0 Å². The minimum atomic E-state index is -0.309. The number of halogens is 2. The quantitative estimate of drug-likeness (QED) is 0.803. The van der Waals surface area contributed by atoms with Crippen molar-refractivity contribution in [3.63, 3.8) is 0 Å². The summed E-state index contributed by atoms with van der Waals surface area (Å²) in [7, 11) is 0. The van der Waals surface area contributed by atoms with Gasteiger partial charge in [-0.25, -0.2) is 0 Å². The van der Waals surface area contributed by atoms with Crippen LogP contribution >= 0.6 is 24.0 Å². The first-order valence-electron chi connectivity index (χ1n) is 9.66. The van der Waals surface area contributed by atoms with E-state index in [9.17, 15) is 9.59 Å². The Kier molecular flexibility index (Phi) is 6.83. The molecule has 5 nitrogen and oxygen atoms in total. The molecule has 1 unspecified atom stereocenters. The van der Waals surface area contributed by atoms with Gasteiger partial charge in [0, 0.05) is 42.7 Å². The van der Waals surface area contributed by atoms with Crippen molar-refractivity contribution in [1.82, 2.24) is 4.90 Å². The summed E-state index contributed by atoms with van der Waals surface area (Å²) in [5.74, 6) is 0.225. The van der Waals surface area contributed by atoms with Crippen LogP contribution in [0.4, 0.5) is 5.69 Å². The Hall–Kier alpha value is -2.08. The van der Waals surface area contributed by atoms with E-state index >= 15 is 0 Å². The van der Waals surface area contributed by atoms with E-state index in [2.05, 4.69) is 12.1 Å². The molecule has 2 aliphatic heterocycles. The van der Waals surface area contributed by atoms with E-state index in [-0.39, 0.29) is 48.4 Å². The first-order valence-corrected chi connectivity index (χ1v) is 10.0. The van der Waals surface area contributed by atoms with Gasteiger partial charge in [-0.15, -0.1) is 12.4 Å². The standard InChI is InChI=1S/C22H24ClN3O2.ClH/c23-18-6-8-19(9-7-18)26-13-16(10-21(26)27)22(28)25-12-17(11-24)20(14-25)15-4-2-1-3-5-15;/h1-9,16-17,20H,10-14,24H2;1H/t16?,17-,20+;/m1./s1. The third kappa shape index (κ3) is 4.42. The van der Waals surface area contributed by atoms with Crippen LogP contribution in [0.25, 0.3) is 0 Å².